The minimum Gasteiger partial charge on any atom is -0.351 e. The van der Waals surface area contributed by atoms with Gasteiger partial charge < -0.3 is 5.32 Å². The Labute approximate surface area is 99.4 Å². The van der Waals surface area contributed by atoms with E-state index in [1.54, 1.807) is 0 Å². The molecule has 15 heavy (non-hydrogen) atoms. The molecule has 0 spiro atoms. The SMILES string of the molecule is CCC(C)C(C)Nc1nc(Cl)nc(Cl)n1. The van der Waals surface area contributed by atoms with Gasteiger partial charge in [-0.25, -0.2) is 0 Å². The molecule has 6 heteroatoms. The largest absolute Gasteiger partial charge is 0.351 e. The van der Waals surface area contributed by atoms with Crippen molar-refractivity contribution in [3.63, 3.8) is 0 Å². The first-order valence-corrected chi connectivity index (χ1v) is 5.62. The van der Waals surface area contributed by atoms with E-state index >= 15 is 0 Å². The number of anilines is 1. The van der Waals surface area contributed by atoms with Crippen LogP contribution in [-0.4, -0.2) is 21.0 Å². The van der Waals surface area contributed by atoms with Gasteiger partial charge in [0.1, 0.15) is 0 Å². The third-order valence-corrected chi connectivity index (χ3v) is 2.77. The lowest BCUT2D eigenvalue weighted by atomic mass is 10.0. The molecular formula is C9H14Cl2N4. The molecule has 84 valence electrons. The molecule has 4 nitrogen and oxygen atoms in total. The Morgan fingerprint density at radius 2 is 1.67 bits per heavy atom. The molecule has 0 fully saturated rings. The molecule has 0 aliphatic heterocycles. The minimum atomic E-state index is 0.105. The van der Waals surface area contributed by atoms with Crippen LogP contribution in [0.25, 0.3) is 0 Å². The zero-order valence-corrected chi connectivity index (χ0v) is 10.5. The number of hydrogen-bond donors (Lipinski definition) is 1. The summed E-state index contributed by atoms with van der Waals surface area (Å²) in [5.74, 6) is 0.951. The highest BCUT2D eigenvalue weighted by atomic mass is 35.5. The normalized spacial score (nSPS) is 14.7. The molecule has 0 radical (unpaired) electrons. The van der Waals surface area contributed by atoms with Crippen LogP contribution in [0.2, 0.25) is 10.6 Å². The summed E-state index contributed by atoms with van der Waals surface area (Å²) in [6, 6.07) is 0.268. The average molecular weight is 249 g/mol. The van der Waals surface area contributed by atoms with Crippen LogP contribution in [0.15, 0.2) is 0 Å². The number of hydrogen-bond acceptors (Lipinski definition) is 4. The Morgan fingerprint density at radius 1 is 1.13 bits per heavy atom. The lowest BCUT2D eigenvalue weighted by Crippen LogP contribution is -2.24. The summed E-state index contributed by atoms with van der Waals surface area (Å²) >= 11 is 11.3. The summed E-state index contributed by atoms with van der Waals surface area (Å²) in [5.41, 5.74) is 0. The third kappa shape index (κ3) is 3.80. The summed E-state index contributed by atoms with van der Waals surface area (Å²) in [6.45, 7) is 6.36. The van der Waals surface area contributed by atoms with Gasteiger partial charge in [-0.3, -0.25) is 0 Å². The molecular weight excluding hydrogens is 235 g/mol. The first kappa shape index (κ1) is 12.5. The average Bonchev–Trinajstić information content (AvgIpc) is 2.14. The fourth-order valence-corrected chi connectivity index (χ4v) is 1.45. The van der Waals surface area contributed by atoms with Gasteiger partial charge in [0, 0.05) is 6.04 Å². The molecule has 1 aromatic rings. The maximum Gasteiger partial charge on any atom is 0.228 e. The van der Waals surface area contributed by atoms with Crippen molar-refractivity contribution in [2.24, 2.45) is 5.92 Å². The van der Waals surface area contributed by atoms with E-state index in [2.05, 4.69) is 41.0 Å². The number of aromatic nitrogens is 3. The highest BCUT2D eigenvalue weighted by molar-refractivity contribution is 6.31. The van der Waals surface area contributed by atoms with Crippen molar-refractivity contribution in [2.75, 3.05) is 5.32 Å². The molecule has 1 aromatic heterocycles. The van der Waals surface area contributed by atoms with Gasteiger partial charge in [0.2, 0.25) is 16.5 Å². The topological polar surface area (TPSA) is 50.7 Å². The van der Waals surface area contributed by atoms with Crippen LogP contribution in [0.1, 0.15) is 27.2 Å². The van der Waals surface area contributed by atoms with Gasteiger partial charge in [-0.05, 0) is 36.0 Å². The first-order valence-electron chi connectivity index (χ1n) is 4.86. The summed E-state index contributed by atoms with van der Waals surface area (Å²) < 4.78 is 0. The number of nitrogens with one attached hydrogen (secondary N) is 1. The van der Waals surface area contributed by atoms with Gasteiger partial charge >= 0.3 is 0 Å². The van der Waals surface area contributed by atoms with E-state index < -0.39 is 0 Å². The molecule has 0 saturated carbocycles. The fourth-order valence-electron chi connectivity index (χ4n) is 1.09. The lowest BCUT2D eigenvalue weighted by molar-refractivity contribution is 0.492. The van der Waals surface area contributed by atoms with Gasteiger partial charge in [-0.1, -0.05) is 20.3 Å². The molecule has 2 unspecified atom stereocenters. The zero-order chi connectivity index (χ0) is 11.4. The number of halogens is 2. The van der Waals surface area contributed by atoms with Crippen LogP contribution in [0.3, 0.4) is 0 Å². The Morgan fingerprint density at radius 3 is 2.13 bits per heavy atom. The van der Waals surface area contributed by atoms with E-state index in [-0.39, 0.29) is 16.6 Å². The standard InChI is InChI=1S/C9H14Cl2N4/c1-4-5(2)6(3)12-9-14-7(10)13-8(11)15-9/h5-6H,4H2,1-3H3,(H,12,13,14,15). The van der Waals surface area contributed by atoms with Crippen LogP contribution in [-0.2, 0) is 0 Å². The second-order valence-electron chi connectivity index (χ2n) is 3.52. The molecule has 1 N–H and O–H groups in total. The first-order chi connectivity index (χ1) is 7.02. The van der Waals surface area contributed by atoms with Gasteiger partial charge in [-0.15, -0.1) is 0 Å². The Bertz CT molecular complexity index is 312. The summed E-state index contributed by atoms with van der Waals surface area (Å²) in [7, 11) is 0. The van der Waals surface area contributed by atoms with E-state index in [1.807, 2.05) is 0 Å². The highest BCUT2D eigenvalue weighted by Crippen LogP contribution is 2.14. The Balaban J connectivity index is 2.72. The third-order valence-electron chi connectivity index (χ3n) is 2.44. The van der Waals surface area contributed by atoms with Crippen molar-refractivity contribution in [2.45, 2.75) is 33.2 Å². The summed E-state index contributed by atoms with van der Waals surface area (Å²) in [6.07, 6.45) is 1.08. The lowest BCUT2D eigenvalue weighted by Gasteiger charge is -2.19. The predicted octanol–water partition coefficient (Wildman–Crippen LogP) is 3.02. The van der Waals surface area contributed by atoms with Crippen LogP contribution in [0.5, 0.6) is 0 Å². The smallest absolute Gasteiger partial charge is 0.228 e. The van der Waals surface area contributed by atoms with Crippen molar-refractivity contribution < 1.29 is 0 Å². The zero-order valence-electron chi connectivity index (χ0n) is 8.96. The van der Waals surface area contributed by atoms with Crippen LogP contribution in [0.4, 0.5) is 5.95 Å². The van der Waals surface area contributed by atoms with E-state index in [4.69, 9.17) is 23.2 Å². The quantitative estimate of drug-likeness (QED) is 0.891. The van der Waals surface area contributed by atoms with Crippen LogP contribution in [0, 0.1) is 5.92 Å². The number of nitrogens with zero attached hydrogens (tertiary/aromatic N) is 3. The van der Waals surface area contributed by atoms with E-state index in [0.717, 1.165) is 6.42 Å². The molecule has 0 amide bonds. The second kappa shape index (κ2) is 5.47. The molecule has 0 aliphatic rings. The highest BCUT2D eigenvalue weighted by Gasteiger charge is 2.12. The second-order valence-corrected chi connectivity index (χ2v) is 4.19. The van der Waals surface area contributed by atoms with Gasteiger partial charge in [-0.2, -0.15) is 15.0 Å². The van der Waals surface area contributed by atoms with Crippen molar-refractivity contribution in [1.82, 2.24) is 15.0 Å². The van der Waals surface area contributed by atoms with E-state index in [0.29, 0.717) is 11.9 Å². The Kier molecular flexibility index (Phi) is 4.54. The van der Waals surface area contributed by atoms with Crippen LogP contribution >= 0.6 is 23.2 Å². The minimum absolute atomic E-state index is 0.105. The maximum atomic E-state index is 5.66. The molecule has 0 aromatic carbocycles. The molecule has 2 atom stereocenters. The van der Waals surface area contributed by atoms with Gasteiger partial charge in [0.15, 0.2) is 0 Å². The summed E-state index contributed by atoms with van der Waals surface area (Å²) in [5, 5.41) is 3.35. The van der Waals surface area contributed by atoms with Crippen molar-refractivity contribution >= 4 is 29.2 Å². The van der Waals surface area contributed by atoms with Crippen molar-refractivity contribution in [3.8, 4) is 0 Å². The molecule has 0 bridgehead atoms. The van der Waals surface area contributed by atoms with E-state index in [9.17, 15) is 0 Å². The van der Waals surface area contributed by atoms with Gasteiger partial charge in [0.25, 0.3) is 0 Å². The number of rotatable bonds is 4. The molecule has 0 aliphatic carbocycles. The molecule has 1 heterocycles. The van der Waals surface area contributed by atoms with E-state index in [1.165, 1.54) is 0 Å². The van der Waals surface area contributed by atoms with Crippen molar-refractivity contribution in [1.29, 1.82) is 0 Å². The molecule has 1 rings (SSSR count). The molecule has 0 saturated heterocycles. The predicted molar refractivity (Wildman–Crippen MR) is 62.4 cm³/mol. The van der Waals surface area contributed by atoms with Crippen LogP contribution < -0.4 is 5.32 Å². The van der Waals surface area contributed by atoms with Crippen molar-refractivity contribution in [3.05, 3.63) is 10.6 Å². The fraction of sp³-hybridized carbons (Fsp3) is 0.667. The summed E-state index contributed by atoms with van der Waals surface area (Å²) in [4.78, 5) is 11.6. The maximum absolute atomic E-state index is 5.66. The monoisotopic (exact) mass is 248 g/mol. The Hall–Kier alpha value is -0.610. The van der Waals surface area contributed by atoms with Gasteiger partial charge in [0.05, 0.1) is 0 Å².